The third-order valence-corrected chi connectivity index (χ3v) is 2.71. The van der Waals surface area contributed by atoms with Gasteiger partial charge in [0.1, 0.15) is 0 Å². The van der Waals surface area contributed by atoms with Gasteiger partial charge < -0.3 is 10.1 Å². The molecule has 0 amide bonds. The molecule has 2 nitrogen and oxygen atoms in total. The summed E-state index contributed by atoms with van der Waals surface area (Å²) in [4.78, 5) is 0. The number of hydrogen-bond donors (Lipinski definition) is 1. The second kappa shape index (κ2) is 4.83. The highest BCUT2D eigenvalue weighted by Gasteiger charge is 2.36. The molecule has 0 aliphatic heterocycles. The van der Waals surface area contributed by atoms with Gasteiger partial charge in [-0.15, -0.1) is 0 Å². The highest BCUT2D eigenvalue weighted by molar-refractivity contribution is 4.90. The second-order valence-electron chi connectivity index (χ2n) is 3.74. The minimum absolute atomic E-state index is 0.263. The first-order chi connectivity index (χ1) is 5.83. The second-order valence-corrected chi connectivity index (χ2v) is 3.74. The van der Waals surface area contributed by atoms with E-state index in [9.17, 15) is 0 Å². The summed E-state index contributed by atoms with van der Waals surface area (Å²) in [6.07, 6.45) is 6.22. The lowest BCUT2D eigenvalue weighted by Gasteiger charge is -2.41. The number of hydrogen-bond acceptors (Lipinski definition) is 2. The molecule has 12 heavy (non-hydrogen) atoms. The summed E-state index contributed by atoms with van der Waals surface area (Å²) in [5, 5.41) is 3.19. The number of nitrogens with one attached hydrogen (secondary N) is 1. The Hall–Kier alpha value is -0.0800. The van der Waals surface area contributed by atoms with Crippen molar-refractivity contribution in [3.05, 3.63) is 0 Å². The fourth-order valence-corrected chi connectivity index (χ4v) is 1.71. The summed E-state index contributed by atoms with van der Waals surface area (Å²) in [5.74, 6) is 0. The van der Waals surface area contributed by atoms with E-state index in [1.165, 1.54) is 25.7 Å². The Labute approximate surface area is 75.7 Å². The van der Waals surface area contributed by atoms with Crippen LogP contribution in [0.4, 0.5) is 0 Å². The summed E-state index contributed by atoms with van der Waals surface area (Å²) in [6.45, 7) is 4.19. The molecule has 0 spiro atoms. The smallest absolute Gasteiger partial charge is 0.0694 e. The van der Waals surface area contributed by atoms with Crippen molar-refractivity contribution in [1.82, 2.24) is 5.32 Å². The highest BCUT2D eigenvalue weighted by atomic mass is 16.5. The monoisotopic (exact) mass is 171 g/mol. The zero-order valence-electron chi connectivity index (χ0n) is 8.36. The van der Waals surface area contributed by atoms with Gasteiger partial charge in [0.15, 0.2) is 0 Å². The standard InChI is InChI=1S/C10H21NO/c1-3-9-12-10(5-4-6-10)7-8-11-2/h11H,3-9H2,1-2H3. The average molecular weight is 171 g/mol. The Morgan fingerprint density at radius 1 is 1.42 bits per heavy atom. The molecule has 1 fully saturated rings. The molecule has 72 valence electrons. The van der Waals surface area contributed by atoms with Crippen molar-refractivity contribution in [1.29, 1.82) is 0 Å². The molecule has 0 aromatic heterocycles. The molecule has 1 rings (SSSR count). The van der Waals surface area contributed by atoms with Crippen molar-refractivity contribution in [2.75, 3.05) is 20.2 Å². The van der Waals surface area contributed by atoms with E-state index in [0.29, 0.717) is 0 Å². The van der Waals surface area contributed by atoms with Gasteiger partial charge in [0.05, 0.1) is 5.60 Å². The van der Waals surface area contributed by atoms with Crippen LogP contribution in [0.3, 0.4) is 0 Å². The Morgan fingerprint density at radius 3 is 2.58 bits per heavy atom. The summed E-state index contributed by atoms with van der Waals surface area (Å²) in [6, 6.07) is 0. The van der Waals surface area contributed by atoms with Crippen molar-refractivity contribution >= 4 is 0 Å². The summed E-state index contributed by atoms with van der Waals surface area (Å²) in [7, 11) is 2.01. The molecule has 1 aliphatic rings. The summed E-state index contributed by atoms with van der Waals surface area (Å²) in [5.41, 5.74) is 0.263. The molecular formula is C10H21NO. The van der Waals surface area contributed by atoms with Crippen LogP contribution in [0.2, 0.25) is 0 Å². The Kier molecular flexibility index (Phi) is 4.02. The van der Waals surface area contributed by atoms with Crippen LogP contribution in [0.15, 0.2) is 0 Å². The average Bonchev–Trinajstić information content (AvgIpc) is 2.02. The Morgan fingerprint density at radius 2 is 2.17 bits per heavy atom. The first-order valence-electron chi connectivity index (χ1n) is 5.11. The molecule has 0 unspecified atom stereocenters. The minimum Gasteiger partial charge on any atom is -0.375 e. The van der Waals surface area contributed by atoms with E-state index in [0.717, 1.165) is 19.6 Å². The third-order valence-electron chi connectivity index (χ3n) is 2.71. The molecular weight excluding hydrogens is 150 g/mol. The lowest BCUT2D eigenvalue weighted by molar-refractivity contribution is -0.104. The molecule has 0 radical (unpaired) electrons. The molecule has 1 N–H and O–H groups in total. The zero-order chi connectivity index (χ0) is 8.86. The largest absolute Gasteiger partial charge is 0.375 e. The van der Waals surface area contributed by atoms with Gasteiger partial charge in [0.25, 0.3) is 0 Å². The maximum atomic E-state index is 5.88. The topological polar surface area (TPSA) is 21.3 Å². The Balaban J connectivity index is 2.19. The number of ether oxygens (including phenoxy) is 1. The zero-order valence-corrected chi connectivity index (χ0v) is 8.36. The van der Waals surface area contributed by atoms with Gasteiger partial charge in [-0.05, 0) is 45.7 Å². The fraction of sp³-hybridized carbons (Fsp3) is 1.00. The summed E-state index contributed by atoms with van der Waals surface area (Å²) >= 11 is 0. The quantitative estimate of drug-likeness (QED) is 0.659. The van der Waals surface area contributed by atoms with Gasteiger partial charge in [-0.2, -0.15) is 0 Å². The summed E-state index contributed by atoms with van der Waals surface area (Å²) < 4.78 is 5.88. The highest BCUT2D eigenvalue weighted by Crippen LogP contribution is 2.38. The van der Waals surface area contributed by atoms with Crippen LogP contribution < -0.4 is 5.32 Å². The molecule has 0 bridgehead atoms. The van der Waals surface area contributed by atoms with Crippen LogP contribution in [-0.2, 0) is 4.74 Å². The third kappa shape index (κ3) is 2.46. The van der Waals surface area contributed by atoms with Crippen molar-refractivity contribution in [2.45, 2.75) is 44.6 Å². The normalized spacial score (nSPS) is 20.5. The van der Waals surface area contributed by atoms with E-state index in [1.54, 1.807) is 0 Å². The molecule has 1 aliphatic carbocycles. The van der Waals surface area contributed by atoms with Crippen molar-refractivity contribution < 1.29 is 4.74 Å². The predicted molar refractivity (Wildman–Crippen MR) is 51.4 cm³/mol. The van der Waals surface area contributed by atoms with Crippen molar-refractivity contribution in [3.63, 3.8) is 0 Å². The van der Waals surface area contributed by atoms with E-state index in [-0.39, 0.29) is 5.60 Å². The van der Waals surface area contributed by atoms with Crippen molar-refractivity contribution in [3.8, 4) is 0 Å². The van der Waals surface area contributed by atoms with Gasteiger partial charge in [-0.25, -0.2) is 0 Å². The van der Waals surface area contributed by atoms with Gasteiger partial charge in [0.2, 0.25) is 0 Å². The molecule has 0 atom stereocenters. The van der Waals surface area contributed by atoms with Gasteiger partial charge in [-0.1, -0.05) is 6.92 Å². The predicted octanol–water partition coefficient (Wildman–Crippen LogP) is 1.95. The van der Waals surface area contributed by atoms with E-state index < -0.39 is 0 Å². The van der Waals surface area contributed by atoms with Gasteiger partial charge in [-0.3, -0.25) is 0 Å². The first-order valence-corrected chi connectivity index (χ1v) is 5.11. The van der Waals surface area contributed by atoms with Crippen molar-refractivity contribution in [2.24, 2.45) is 0 Å². The van der Waals surface area contributed by atoms with Crippen LogP contribution in [0, 0.1) is 0 Å². The molecule has 1 saturated carbocycles. The van der Waals surface area contributed by atoms with Crippen LogP contribution >= 0.6 is 0 Å². The van der Waals surface area contributed by atoms with Gasteiger partial charge in [0, 0.05) is 6.61 Å². The van der Waals surface area contributed by atoms with E-state index in [4.69, 9.17) is 4.74 Å². The maximum Gasteiger partial charge on any atom is 0.0694 e. The first kappa shape index (κ1) is 10.0. The van der Waals surface area contributed by atoms with Crippen LogP contribution in [0.25, 0.3) is 0 Å². The van der Waals surface area contributed by atoms with Crippen LogP contribution in [0.5, 0.6) is 0 Å². The maximum absolute atomic E-state index is 5.88. The Bertz CT molecular complexity index is 111. The molecule has 0 heterocycles. The van der Waals surface area contributed by atoms with Crippen LogP contribution in [0.1, 0.15) is 39.0 Å². The molecule has 0 aromatic rings. The van der Waals surface area contributed by atoms with Crippen LogP contribution in [-0.4, -0.2) is 25.8 Å². The molecule has 0 saturated heterocycles. The fourth-order valence-electron chi connectivity index (χ4n) is 1.71. The SMILES string of the molecule is CCCOC1(CCNC)CCC1. The van der Waals surface area contributed by atoms with E-state index in [2.05, 4.69) is 12.2 Å². The van der Waals surface area contributed by atoms with E-state index >= 15 is 0 Å². The minimum atomic E-state index is 0.263. The van der Waals surface area contributed by atoms with E-state index in [1.807, 2.05) is 7.05 Å². The lowest BCUT2D eigenvalue weighted by Crippen LogP contribution is -2.42. The van der Waals surface area contributed by atoms with Gasteiger partial charge >= 0.3 is 0 Å². The molecule has 0 aromatic carbocycles. The number of rotatable bonds is 6. The lowest BCUT2D eigenvalue weighted by atomic mass is 9.77. The molecule has 2 heteroatoms.